The molecule has 0 atom stereocenters. The number of halogens is 1. The molecule has 6 heteroatoms. The second kappa shape index (κ2) is 6.82. The number of aliphatic hydroxyl groups excluding tert-OH is 1. The molecule has 0 aromatic carbocycles. The molecule has 2 aromatic rings. The normalized spacial score (nSPS) is 11.0. The van der Waals surface area contributed by atoms with Crippen LogP contribution >= 0.6 is 11.6 Å². The van der Waals surface area contributed by atoms with Crippen LogP contribution in [-0.4, -0.2) is 33.0 Å². The molecule has 0 saturated carbocycles. The molecule has 116 valence electrons. The van der Waals surface area contributed by atoms with Gasteiger partial charge >= 0.3 is 0 Å². The van der Waals surface area contributed by atoms with E-state index in [0.717, 1.165) is 16.8 Å². The van der Waals surface area contributed by atoms with E-state index in [9.17, 15) is 5.11 Å². The third-order valence-electron chi connectivity index (χ3n) is 3.10. The molecule has 0 bridgehead atoms. The summed E-state index contributed by atoms with van der Waals surface area (Å²) in [7, 11) is 1.85. The zero-order valence-electron chi connectivity index (χ0n) is 12.9. The van der Waals surface area contributed by atoms with Gasteiger partial charge in [-0.2, -0.15) is 5.10 Å². The Morgan fingerprint density at radius 2 is 2.14 bits per heavy atom. The molecular weight excluding hydrogens is 300 g/mol. The minimum Gasteiger partial charge on any atom is -0.396 e. The molecule has 2 aromatic heterocycles. The molecule has 0 spiro atoms. The standard InChI is InChI=1S/C16H19ClN4O/c1-16(2,11-22)10-19-14-6-15(17)18-8-13(14)5-4-12-7-20-21(3)9-12/h6-9,22H,10-11H2,1-3H3,(H,18,19). The number of aliphatic hydroxyl groups is 1. The van der Waals surface area contributed by atoms with Gasteiger partial charge in [0.2, 0.25) is 0 Å². The van der Waals surface area contributed by atoms with Crippen molar-refractivity contribution < 1.29 is 5.11 Å². The predicted molar refractivity (Wildman–Crippen MR) is 87.8 cm³/mol. The lowest BCUT2D eigenvalue weighted by Gasteiger charge is -2.23. The monoisotopic (exact) mass is 318 g/mol. The number of pyridine rings is 1. The lowest BCUT2D eigenvalue weighted by molar-refractivity contribution is 0.171. The third-order valence-corrected chi connectivity index (χ3v) is 3.31. The second-order valence-electron chi connectivity index (χ2n) is 5.88. The van der Waals surface area contributed by atoms with E-state index in [1.807, 2.05) is 27.1 Å². The molecule has 5 nitrogen and oxygen atoms in total. The molecule has 0 unspecified atom stereocenters. The molecule has 2 rings (SSSR count). The lowest BCUT2D eigenvalue weighted by Crippen LogP contribution is -2.27. The zero-order chi connectivity index (χ0) is 16.2. The highest BCUT2D eigenvalue weighted by Gasteiger charge is 2.16. The van der Waals surface area contributed by atoms with Gasteiger partial charge in [-0.15, -0.1) is 0 Å². The second-order valence-corrected chi connectivity index (χ2v) is 6.27. The molecule has 0 saturated heterocycles. The van der Waals surface area contributed by atoms with Crippen molar-refractivity contribution in [3.8, 4) is 11.8 Å². The van der Waals surface area contributed by atoms with Crippen LogP contribution < -0.4 is 5.32 Å². The summed E-state index contributed by atoms with van der Waals surface area (Å²) in [5.74, 6) is 6.12. The summed E-state index contributed by atoms with van der Waals surface area (Å²) in [6, 6.07) is 1.74. The predicted octanol–water partition coefficient (Wildman–Crippen LogP) is 2.30. The van der Waals surface area contributed by atoms with Crippen LogP contribution in [0.4, 0.5) is 5.69 Å². The topological polar surface area (TPSA) is 63.0 Å². The van der Waals surface area contributed by atoms with Crippen molar-refractivity contribution in [1.29, 1.82) is 0 Å². The molecule has 0 aliphatic heterocycles. The van der Waals surface area contributed by atoms with E-state index in [2.05, 4.69) is 27.2 Å². The van der Waals surface area contributed by atoms with Crippen LogP contribution in [0.1, 0.15) is 25.0 Å². The van der Waals surface area contributed by atoms with Gasteiger partial charge in [0.05, 0.1) is 23.0 Å². The van der Waals surface area contributed by atoms with E-state index in [0.29, 0.717) is 11.7 Å². The summed E-state index contributed by atoms with van der Waals surface area (Å²) in [4.78, 5) is 4.07. The molecule has 0 amide bonds. The fourth-order valence-corrected chi connectivity index (χ4v) is 1.85. The summed E-state index contributed by atoms with van der Waals surface area (Å²) >= 11 is 5.96. The third kappa shape index (κ3) is 4.48. The summed E-state index contributed by atoms with van der Waals surface area (Å²) < 4.78 is 1.70. The summed E-state index contributed by atoms with van der Waals surface area (Å²) in [6.45, 7) is 4.65. The van der Waals surface area contributed by atoms with Gasteiger partial charge in [0, 0.05) is 38.0 Å². The number of aryl methyl sites for hydroxylation is 1. The number of hydrogen-bond donors (Lipinski definition) is 2. The summed E-state index contributed by atoms with van der Waals surface area (Å²) in [6.07, 6.45) is 5.19. The molecule has 22 heavy (non-hydrogen) atoms. The van der Waals surface area contributed by atoms with E-state index >= 15 is 0 Å². The molecule has 0 aliphatic rings. The average Bonchev–Trinajstić information content (AvgIpc) is 2.90. The Morgan fingerprint density at radius 1 is 1.36 bits per heavy atom. The van der Waals surface area contributed by atoms with Crippen molar-refractivity contribution in [2.45, 2.75) is 13.8 Å². The highest BCUT2D eigenvalue weighted by atomic mass is 35.5. The Labute approximate surface area is 135 Å². The van der Waals surface area contributed by atoms with E-state index in [4.69, 9.17) is 11.6 Å². The number of rotatable bonds is 4. The van der Waals surface area contributed by atoms with Crippen LogP contribution in [0.5, 0.6) is 0 Å². The first-order valence-corrected chi connectivity index (χ1v) is 7.28. The summed E-state index contributed by atoms with van der Waals surface area (Å²) in [5.41, 5.74) is 2.16. The fourth-order valence-electron chi connectivity index (χ4n) is 1.69. The number of aromatic nitrogens is 3. The van der Waals surface area contributed by atoms with Gasteiger partial charge < -0.3 is 10.4 Å². The van der Waals surface area contributed by atoms with Crippen molar-refractivity contribution in [2.75, 3.05) is 18.5 Å². The van der Waals surface area contributed by atoms with Crippen molar-refractivity contribution in [3.05, 3.63) is 40.9 Å². The van der Waals surface area contributed by atoms with Crippen LogP contribution in [0.25, 0.3) is 0 Å². The molecule has 0 aliphatic carbocycles. The van der Waals surface area contributed by atoms with Gasteiger partial charge in [-0.05, 0) is 6.07 Å². The number of hydrogen-bond acceptors (Lipinski definition) is 4. The molecular formula is C16H19ClN4O. The van der Waals surface area contributed by atoms with Crippen molar-refractivity contribution >= 4 is 17.3 Å². The van der Waals surface area contributed by atoms with E-state index in [1.54, 1.807) is 23.1 Å². The van der Waals surface area contributed by atoms with Crippen LogP contribution in [0.2, 0.25) is 5.15 Å². The van der Waals surface area contributed by atoms with E-state index in [1.165, 1.54) is 0 Å². The van der Waals surface area contributed by atoms with Gasteiger partial charge in [-0.1, -0.05) is 37.3 Å². The highest BCUT2D eigenvalue weighted by molar-refractivity contribution is 6.29. The summed E-state index contributed by atoms with van der Waals surface area (Å²) in [5, 5.41) is 17.1. The van der Waals surface area contributed by atoms with Crippen LogP contribution in [0.15, 0.2) is 24.7 Å². The maximum atomic E-state index is 9.33. The SMILES string of the molecule is Cn1cc(C#Cc2cnc(Cl)cc2NCC(C)(C)CO)cn1. The lowest BCUT2D eigenvalue weighted by atomic mass is 9.95. The number of nitrogens with one attached hydrogen (secondary N) is 1. The molecule has 2 N–H and O–H groups in total. The first kappa shape index (κ1) is 16.3. The van der Waals surface area contributed by atoms with E-state index < -0.39 is 0 Å². The van der Waals surface area contributed by atoms with Crippen LogP contribution in [-0.2, 0) is 7.05 Å². The number of nitrogens with zero attached hydrogens (tertiary/aromatic N) is 3. The van der Waals surface area contributed by atoms with Crippen molar-refractivity contribution in [1.82, 2.24) is 14.8 Å². The Bertz CT molecular complexity index is 712. The molecule has 0 radical (unpaired) electrons. The zero-order valence-corrected chi connectivity index (χ0v) is 13.6. The van der Waals surface area contributed by atoms with Gasteiger partial charge in [-0.3, -0.25) is 4.68 Å². The van der Waals surface area contributed by atoms with Gasteiger partial charge in [-0.25, -0.2) is 4.98 Å². The maximum absolute atomic E-state index is 9.33. The van der Waals surface area contributed by atoms with Crippen LogP contribution in [0, 0.1) is 17.3 Å². The molecule has 0 fully saturated rings. The largest absolute Gasteiger partial charge is 0.396 e. The van der Waals surface area contributed by atoms with Crippen LogP contribution in [0.3, 0.4) is 0 Å². The minimum absolute atomic E-state index is 0.0928. The van der Waals surface area contributed by atoms with Gasteiger partial charge in [0.15, 0.2) is 0 Å². The van der Waals surface area contributed by atoms with Crippen molar-refractivity contribution in [3.63, 3.8) is 0 Å². The minimum atomic E-state index is -0.232. The highest BCUT2D eigenvalue weighted by Crippen LogP contribution is 2.21. The Balaban J connectivity index is 2.23. The smallest absolute Gasteiger partial charge is 0.131 e. The molecule has 2 heterocycles. The Morgan fingerprint density at radius 3 is 2.77 bits per heavy atom. The Hall–Kier alpha value is -2.03. The maximum Gasteiger partial charge on any atom is 0.131 e. The Kier molecular flexibility index (Phi) is 5.07. The quantitative estimate of drug-likeness (QED) is 0.671. The first-order valence-electron chi connectivity index (χ1n) is 6.90. The van der Waals surface area contributed by atoms with E-state index in [-0.39, 0.29) is 12.0 Å². The average molecular weight is 319 g/mol. The van der Waals surface area contributed by atoms with Gasteiger partial charge in [0.25, 0.3) is 0 Å². The van der Waals surface area contributed by atoms with Gasteiger partial charge in [0.1, 0.15) is 5.15 Å². The number of anilines is 1. The van der Waals surface area contributed by atoms with Crippen molar-refractivity contribution in [2.24, 2.45) is 12.5 Å². The fraction of sp³-hybridized carbons (Fsp3) is 0.375. The first-order chi connectivity index (χ1) is 10.4.